The second-order valence-electron chi connectivity index (χ2n) is 11.9. The lowest BCUT2D eigenvalue weighted by molar-refractivity contribution is -0.383. The average Bonchev–Trinajstić information content (AvgIpc) is 3.30. The van der Waals surface area contributed by atoms with E-state index in [9.17, 15) is 41.0 Å². The van der Waals surface area contributed by atoms with Gasteiger partial charge in [-0.05, 0) is 6.42 Å². The molecule has 5 rings (SSSR count). The number of hydrogen-bond acceptors (Lipinski definition) is 22. The summed E-state index contributed by atoms with van der Waals surface area (Å²) >= 11 is 0. The zero-order valence-corrected chi connectivity index (χ0v) is 24.4. The highest BCUT2D eigenvalue weighted by Gasteiger charge is 2.55. The molecule has 5 fully saturated rings. The van der Waals surface area contributed by atoms with E-state index in [2.05, 4.69) is 10.2 Å². The van der Waals surface area contributed by atoms with E-state index in [1.54, 1.807) is 0 Å². The summed E-state index contributed by atoms with van der Waals surface area (Å²) < 4.78 is 44.5. The van der Waals surface area contributed by atoms with Crippen molar-refractivity contribution in [2.75, 3.05) is 19.9 Å². The van der Waals surface area contributed by atoms with Crippen LogP contribution in [-0.2, 0) is 42.8 Å². The first-order valence-electron chi connectivity index (χ1n) is 14.8. The maximum atomic E-state index is 11.2. The summed E-state index contributed by atoms with van der Waals surface area (Å²) in [7, 11) is 0. The maximum Gasteiger partial charge on any atom is 0.222 e. The Kier molecular flexibility index (Phi) is 12.1. The van der Waals surface area contributed by atoms with Crippen molar-refractivity contribution in [3.63, 3.8) is 0 Å². The van der Waals surface area contributed by atoms with E-state index in [1.807, 2.05) is 0 Å². The molecule has 4 heterocycles. The molecule has 46 heavy (non-hydrogen) atoms. The van der Waals surface area contributed by atoms with Crippen LogP contribution < -0.4 is 28.3 Å². The van der Waals surface area contributed by atoms with Crippen molar-refractivity contribution >= 4 is 0 Å². The summed E-state index contributed by atoms with van der Waals surface area (Å²) in [6.45, 7) is -0.653. The summed E-state index contributed by atoms with van der Waals surface area (Å²) in [5.74, 6) is 0. The van der Waals surface area contributed by atoms with Gasteiger partial charge in [0.25, 0.3) is 0 Å². The van der Waals surface area contributed by atoms with Gasteiger partial charge in [-0.15, -0.1) is 0 Å². The molecule has 0 radical (unpaired) electrons. The number of nitrogens with one attached hydrogen (secondary N) is 1. The van der Waals surface area contributed by atoms with Gasteiger partial charge in [0.2, 0.25) is 12.7 Å². The Bertz CT molecular complexity index is 976. The van der Waals surface area contributed by atoms with Gasteiger partial charge in [0.15, 0.2) is 25.7 Å². The standard InChI is InChI=1S/C24H45N5O17/c25-5-1-6(26)17(42-21-10(28)15(35)13(33)8(3-30)41-21)18(11(5)31)43-22-16(36)19(23(45-22)46-37)44-20-9(27)14(34)12(32)7(40-20)2-29-24-38-4-39-24/h5-24,29-37H,1-4,25-28H2. The zero-order valence-electron chi connectivity index (χ0n) is 24.4. The highest BCUT2D eigenvalue weighted by Crippen LogP contribution is 2.34. The van der Waals surface area contributed by atoms with Crippen LogP contribution in [0.2, 0.25) is 0 Å². The second-order valence-corrected chi connectivity index (χ2v) is 11.9. The van der Waals surface area contributed by atoms with Crippen molar-refractivity contribution in [2.45, 2.75) is 129 Å². The van der Waals surface area contributed by atoms with Crippen LogP contribution >= 0.6 is 0 Å². The predicted molar refractivity (Wildman–Crippen MR) is 143 cm³/mol. The monoisotopic (exact) mass is 675 g/mol. The van der Waals surface area contributed by atoms with Gasteiger partial charge in [0.05, 0.1) is 24.8 Å². The van der Waals surface area contributed by atoms with Crippen LogP contribution in [0.4, 0.5) is 0 Å². The maximum absolute atomic E-state index is 11.2. The van der Waals surface area contributed by atoms with Crippen LogP contribution in [0.1, 0.15) is 6.42 Å². The van der Waals surface area contributed by atoms with Crippen molar-refractivity contribution in [1.82, 2.24) is 5.32 Å². The molecule has 0 spiro atoms. The molecule has 0 aromatic rings. The topological polar surface area (TPSA) is 361 Å². The molecule has 4 saturated heterocycles. The summed E-state index contributed by atoms with van der Waals surface area (Å²) in [5, 5.41) is 85.5. The van der Waals surface area contributed by atoms with Crippen LogP contribution in [-0.4, -0.2) is 184 Å². The highest BCUT2D eigenvalue weighted by atomic mass is 17.1. The van der Waals surface area contributed by atoms with Gasteiger partial charge in [-0.1, -0.05) is 0 Å². The molecule has 22 nitrogen and oxygen atoms in total. The first-order chi connectivity index (χ1) is 21.9. The van der Waals surface area contributed by atoms with E-state index >= 15 is 0 Å². The van der Waals surface area contributed by atoms with Crippen LogP contribution in [0.25, 0.3) is 0 Å². The van der Waals surface area contributed by atoms with Gasteiger partial charge >= 0.3 is 0 Å². The zero-order chi connectivity index (χ0) is 33.4. The number of nitrogens with two attached hydrogens (primary N) is 4. The Morgan fingerprint density at radius 1 is 0.609 bits per heavy atom. The Balaban J connectivity index is 1.27. The molecule has 1 saturated carbocycles. The molecule has 0 bridgehead atoms. The van der Waals surface area contributed by atoms with Crippen LogP contribution in [0.3, 0.4) is 0 Å². The molecule has 4 aliphatic heterocycles. The third-order valence-corrected chi connectivity index (χ3v) is 8.80. The minimum Gasteiger partial charge on any atom is -0.394 e. The number of rotatable bonds is 11. The molecule has 5 aliphatic rings. The molecular weight excluding hydrogens is 630 g/mol. The number of aliphatic hydroxyl groups excluding tert-OH is 7. The quantitative estimate of drug-likeness (QED) is 0.0714. The van der Waals surface area contributed by atoms with Crippen molar-refractivity contribution in [2.24, 2.45) is 22.9 Å². The molecule has 0 aromatic carbocycles. The van der Waals surface area contributed by atoms with Crippen molar-refractivity contribution < 1.29 is 83.8 Å². The van der Waals surface area contributed by atoms with Gasteiger partial charge in [0.1, 0.15) is 61.0 Å². The lowest BCUT2D eigenvalue weighted by Gasteiger charge is -2.47. The molecular formula is C24H45N5O17. The summed E-state index contributed by atoms with van der Waals surface area (Å²) in [5.41, 5.74) is 24.4. The second kappa shape index (κ2) is 15.3. The lowest BCUT2D eigenvalue weighted by Crippen LogP contribution is -2.68. The molecule has 17 N–H and O–H groups in total. The first-order valence-corrected chi connectivity index (χ1v) is 14.8. The van der Waals surface area contributed by atoms with E-state index in [1.165, 1.54) is 0 Å². The minimum atomic E-state index is -1.77. The highest BCUT2D eigenvalue weighted by molar-refractivity contribution is 5.01. The Labute approximate surface area is 261 Å². The molecule has 268 valence electrons. The summed E-state index contributed by atoms with van der Waals surface area (Å²) in [4.78, 5) is 4.35. The Hall–Kier alpha value is -0.880. The third kappa shape index (κ3) is 7.34. The predicted octanol–water partition coefficient (Wildman–Crippen LogP) is -8.49. The van der Waals surface area contributed by atoms with E-state index in [4.69, 9.17) is 60.8 Å². The van der Waals surface area contributed by atoms with E-state index in [0.29, 0.717) is 0 Å². The Morgan fingerprint density at radius 2 is 1.17 bits per heavy atom. The fourth-order valence-corrected chi connectivity index (χ4v) is 5.95. The smallest absolute Gasteiger partial charge is 0.222 e. The van der Waals surface area contributed by atoms with Crippen LogP contribution in [0.5, 0.6) is 0 Å². The van der Waals surface area contributed by atoms with Crippen molar-refractivity contribution in [3.05, 3.63) is 0 Å². The molecule has 22 heteroatoms. The lowest BCUT2D eigenvalue weighted by atomic mass is 9.84. The minimum absolute atomic E-state index is 0.0323. The summed E-state index contributed by atoms with van der Waals surface area (Å²) in [6.07, 6.45) is -22.9. The molecule has 19 atom stereocenters. The molecule has 1 aliphatic carbocycles. The van der Waals surface area contributed by atoms with Crippen molar-refractivity contribution in [1.29, 1.82) is 0 Å². The molecule has 19 unspecified atom stereocenters. The number of hydrogen-bond donors (Lipinski definition) is 13. The van der Waals surface area contributed by atoms with Gasteiger partial charge in [-0.3, -0.25) is 5.32 Å². The SMILES string of the molecule is NC1CC(N)C(OC2OC(CO)C(O)C(O)C2N)C(OC2OC(OO)C(OC3OC(CNC4OCO4)C(O)C(O)C3N)C2O)C1O. The number of aliphatic hydroxyl groups is 7. The van der Waals surface area contributed by atoms with E-state index < -0.39 is 129 Å². The van der Waals surface area contributed by atoms with Gasteiger partial charge in [-0.2, -0.15) is 0 Å². The average molecular weight is 676 g/mol. The van der Waals surface area contributed by atoms with E-state index in [-0.39, 0.29) is 19.8 Å². The van der Waals surface area contributed by atoms with Gasteiger partial charge < -0.3 is 96.6 Å². The van der Waals surface area contributed by atoms with Crippen molar-refractivity contribution in [3.8, 4) is 0 Å². The normalized spacial score (nSPS) is 52.0. The molecule has 0 aromatic heterocycles. The summed E-state index contributed by atoms with van der Waals surface area (Å²) in [6, 6.07) is -4.50. The van der Waals surface area contributed by atoms with Gasteiger partial charge in [0, 0.05) is 18.6 Å². The fraction of sp³-hybridized carbons (Fsp3) is 1.00. The van der Waals surface area contributed by atoms with Crippen LogP contribution in [0.15, 0.2) is 0 Å². The molecule has 0 amide bonds. The largest absolute Gasteiger partial charge is 0.394 e. The van der Waals surface area contributed by atoms with Crippen LogP contribution in [0, 0.1) is 0 Å². The van der Waals surface area contributed by atoms with E-state index in [0.717, 1.165) is 0 Å². The fourth-order valence-electron chi connectivity index (χ4n) is 5.95. The third-order valence-electron chi connectivity index (χ3n) is 8.80. The Morgan fingerprint density at radius 3 is 1.74 bits per heavy atom. The first kappa shape index (κ1) is 36.4. The number of ether oxygens (including phenoxy) is 8. The van der Waals surface area contributed by atoms with Gasteiger partial charge in [-0.25, -0.2) is 10.1 Å².